The lowest BCUT2D eigenvalue weighted by Gasteiger charge is -2.09. The van der Waals surface area contributed by atoms with Crippen molar-refractivity contribution in [3.63, 3.8) is 0 Å². The summed E-state index contributed by atoms with van der Waals surface area (Å²) in [7, 11) is 0. The lowest BCUT2D eigenvalue weighted by atomic mass is 10.1. The number of nitrogens with one attached hydrogen (secondary N) is 1. The van der Waals surface area contributed by atoms with Gasteiger partial charge in [0.25, 0.3) is 0 Å². The largest absolute Gasteiger partial charge is 0.389 e. The first-order chi connectivity index (χ1) is 9.95. The molecule has 3 nitrogen and oxygen atoms in total. The Balaban J connectivity index is 2.08. The molecule has 21 heavy (non-hydrogen) atoms. The van der Waals surface area contributed by atoms with Crippen LogP contribution in [0.4, 0.5) is 10.1 Å². The van der Waals surface area contributed by atoms with E-state index >= 15 is 0 Å². The summed E-state index contributed by atoms with van der Waals surface area (Å²) >= 11 is 10.9. The number of nitrogens with two attached hydrogens (primary N) is 1. The van der Waals surface area contributed by atoms with Crippen LogP contribution in [0.1, 0.15) is 11.1 Å². The molecule has 0 atom stereocenters. The molecule has 0 saturated carbocycles. The van der Waals surface area contributed by atoms with E-state index in [4.69, 9.17) is 29.6 Å². The summed E-state index contributed by atoms with van der Waals surface area (Å²) in [6, 6.07) is 10.8. The third-order valence-electron chi connectivity index (χ3n) is 2.78. The summed E-state index contributed by atoms with van der Waals surface area (Å²) in [5, 5.41) is 3.01. The summed E-state index contributed by atoms with van der Waals surface area (Å²) < 4.78 is 13.1. The molecule has 108 valence electrons. The van der Waals surface area contributed by atoms with E-state index in [0.717, 1.165) is 0 Å². The summed E-state index contributed by atoms with van der Waals surface area (Å²) in [6.45, 7) is 0. The van der Waals surface area contributed by atoms with Crippen molar-refractivity contribution in [2.45, 2.75) is 6.42 Å². The normalized spacial score (nSPS) is 10.2. The summed E-state index contributed by atoms with van der Waals surface area (Å²) in [5.41, 5.74) is 7.17. The number of benzene rings is 2. The van der Waals surface area contributed by atoms with Crippen LogP contribution in [-0.2, 0) is 11.2 Å². The Morgan fingerprint density at radius 3 is 2.67 bits per heavy atom. The van der Waals surface area contributed by atoms with Gasteiger partial charge in [-0.2, -0.15) is 0 Å². The number of hydrogen-bond donors (Lipinski definition) is 2. The number of carbonyl (C=O) groups is 1. The molecule has 0 aromatic heterocycles. The van der Waals surface area contributed by atoms with Crippen molar-refractivity contribution in [2.75, 3.05) is 5.32 Å². The maximum absolute atomic E-state index is 13.1. The number of rotatable bonds is 4. The Bertz CT molecular complexity index is 706. The smallest absolute Gasteiger partial charge is 0.228 e. The Hall–Kier alpha value is -1.98. The second kappa shape index (κ2) is 6.65. The third kappa shape index (κ3) is 4.24. The molecular formula is C15H12ClFN2OS. The minimum atomic E-state index is -0.376. The van der Waals surface area contributed by atoms with E-state index in [1.807, 2.05) is 0 Å². The first-order valence-corrected chi connectivity index (χ1v) is 6.88. The molecule has 0 aliphatic heterocycles. The fourth-order valence-electron chi connectivity index (χ4n) is 1.80. The summed E-state index contributed by atoms with van der Waals surface area (Å²) in [6.07, 6.45) is 0.0607. The molecule has 2 aromatic carbocycles. The number of halogens is 2. The molecule has 1 amide bonds. The number of amides is 1. The molecule has 0 aliphatic carbocycles. The highest BCUT2D eigenvalue weighted by Gasteiger charge is 2.09. The quantitative estimate of drug-likeness (QED) is 0.849. The Labute approximate surface area is 131 Å². The van der Waals surface area contributed by atoms with E-state index in [0.29, 0.717) is 21.8 Å². The molecular weight excluding hydrogens is 311 g/mol. The van der Waals surface area contributed by atoms with Gasteiger partial charge in [-0.05, 0) is 35.9 Å². The topological polar surface area (TPSA) is 55.1 Å². The first kappa shape index (κ1) is 15.4. The molecule has 3 N–H and O–H groups in total. The van der Waals surface area contributed by atoms with E-state index in [1.165, 1.54) is 12.1 Å². The van der Waals surface area contributed by atoms with Gasteiger partial charge in [0.1, 0.15) is 10.8 Å². The van der Waals surface area contributed by atoms with Crippen molar-refractivity contribution in [3.8, 4) is 0 Å². The molecule has 0 unspecified atom stereocenters. The maximum atomic E-state index is 13.1. The molecule has 2 rings (SSSR count). The highest BCUT2D eigenvalue weighted by atomic mass is 35.5. The van der Waals surface area contributed by atoms with E-state index in [-0.39, 0.29) is 23.1 Å². The van der Waals surface area contributed by atoms with Crippen LogP contribution in [0.5, 0.6) is 0 Å². The molecule has 0 aliphatic rings. The van der Waals surface area contributed by atoms with Gasteiger partial charge >= 0.3 is 0 Å². The van der Waals surface area contributed by atoms with E-state index in [2.05, 4.69) is 5.32 Å². The molecule has 6 heteroatoms. The SMILES string of the molecule is NC(=S)c1ccc(NC(=O)Cc2cccc(F)c2)c(Cl)c1. The van der Waals surface area contributed by atoms with E-state index in [1.54, 1.807) is 30.3 Å². The van der Waals surface area contributed by atoms with Crippen LogP contribution in [0.25, 0.3) is 0 Å². The Morgan fingerprint density at radius 1 is 1.29 bits per heavy atom. The van der Waals surface area contributed by atoms with Gasteiger partial charge in [-0.15, -0.1) is 0 Å². The van der Waals surface area contributed by atoms with Crippen molar-refractivity contribution in [3.05, 3.63) is 64.4 Å². The predicted octanol–water partition coefficient (Wildman–Crippen LogP) is 3.29. The zero-order chi connectivity index (χ0) is 15.4. The molecule has 0 bridgehead atoms. The van der Waals surface area contributed by atoms with E-state index < -0.39 is 0 Å². The monoisotopic (exact) mass is 322 g/mol. The van der Waals surface area contributed by atoms with Gasteiger partial charge in [0.15, 0.2) is 0 Å². The van der Waals surface area contributed by atoms with Crippen molar-refractivity contribution in [1.82, 2.24) is 0 Å². The van der Waals surface area contributed by atoms with Gasteiger partial charge in [-0.1, -0.05) is 36.0 Å². The van der Waals surface area contributed by atoms with Gasteiger partial charge in [0, 0.05) is 5.56 Å². The van der Waals surface area contributed by atoms with Crippen LogP contribution >= 0.6 is 23.8 Å². The van der Waals surface area contributed by atoms with Crippen LogP contribution < -0.4 is 11.1 Å². The van der Waals surface area contributed by atoms with Crippen molar-refractivity contribution in [1.29, 1.82) is 0 Å². The number of hydrogen-bond acceptors (Lipinski definition) is 2. The minimum Gasteiger partial charge on any atom is -0.389 e. The number of carbonyl (C=O) groups excluding carboxylic acids is 1. The Morgan fingerprint density at radius 2 is 2.05 bits per heavy atom. The first-order valence-electron chi connectivity index (χ1n) is 6.09. The summed E-state index contributed by atoms with van der Waals surface area (Å²) in [4.78, 5) is 12.2. The predicted molar refractivity (Wildman–Crippen MR) is 86.1 cm³/mol. The average Bonchev–Trinajstić information content (AvgIpc) is 2.40. The van der Waals surface area contributed by atoms with Crippen LogP contribution in [0.15, 0.2) is 42.5 Å². The van der Waals surface area contributed by atoms with Crippen molar-refractivity contribution in [2.24, 2.45) is 5.73 Å². The molecule has 0 spiro atoms. The average molecular weight is 323 g/mol. The van der Waals surface area contributed by atoms with E-state index in [9.17, 15) is 9.18 Å². The highest BCUT2D eigenvalue weighted by Crippen LogP contribution is 2.23. The van der Waals surface area contributed by atoms with Gasteiger partial charge in [0.05, 0.1) is 17.1 Å². The lowest BCUT2D eigenvalue weighted by molar-refractivity contribution is -0.115. The molecule has 0 fully saturated rings. The zero-order valence-electron chi connectivity index (χ0n) is 10.9. The van der Waals surface area contributed by atoms with Crippen molar-refractivity contribution < 1.29 is 9.18 Å². The number of anilines is 1. The lowest BCUT2D eigenvalue weighted by Crippen LogP contribution is -2.15. The van der Waals surface area contributed by atoms with Gasteiger partial charge in [-0.3, -0.25) is 4.79 Å². The Kier molecular flexibility index (Phi) is 4.88. The third-order valence-corrected chi connectivity index (χ3v) is 3.33. The molecule has 2 aromatic rings. The highest BCUT2D eigenvalue weighted by molar-refractivity contribution is 7.80. The second-order valence-electron chi connectivity index (χ2n) is 4.41. The molecule has 0 heterocycles. The van der Waals surface area contributed by atoms with Crippen LogP contribution in [-0.4, -0.2) is 10.9 Å². The summed E-state index contributed by atoms with van der Waals surface area (Å²) in [5.74, 6) is -0.662. The van der Waals surface area contributed by atoms with Gasteiger partial charge in [-0.25, -0.2) is 4.39 Å². The molecule has 0 radical (unpaired) electrons. The van der Waals surface area contributed by atoms with Crippen LogP contribution in [0, 0.1) is 5.82 Å². The van der Waals surface area contributed by atoms with Crippen LogP contribution in [0.2, 0.25) is 5.02 Å². The second-order valence-corrected chi connectivity index (χ2v) is 5.26. The van der Waals surface area contributed by atoms with Crippen molar-refractivity contribution >= 4 is 40.4 Å². The fraction of sp³-hybridized carbons (Fsp3) is 0.0667. The standard InChI is InChI=1S/C15H12ClFN2OS/c16-12-8-10(15(18)21)4-5-13(12)19-14(20)7-9-2-1-3-11(17)6-9/h1-6,8H,7H2,(H2,18,21)(H,19,20). The van der Waals surface area contributed by atoms with Crippen LogP contribution in [0.3, 0.4) is 0 Å². The van der Waals surface area contributed by atoms with Gasteiger partial charge in [0.2, 0.25) is 5.91 Å². The fourth-order valence-corrected chi connectivity index (χ4v) is 2.15. The minimum absolute atomic E-state index is 0.0607. The molecule has 0 saturated heterocycles. The zero-order valence-corrected chi connectivity index (χ0v) is 12.5. The number of thiocarbonyl (C=S) groups is 1. The maximum Gasteiger partial charge on any atom is 0.228 e. The van der Waals surface area contributed by atoms with Gasteiger partial charge < -0.3 is 11.1 Å².